The number of nitrogens with one attached hydrogen (secondary N) is 1. The van der Waals surface area contributed by atoms with Gasteiger partial charge < -0.3 is 14.6 Å². The Balaban J connectivity index is 1.76. The largest absolute Gasteiger partial charge is 0.472 e. The second-order valence-corrected chi connectivity index (χ2v) is 5.75. The third-order valence-electron chi connectivity index (χ3n) is 3.80. The highest BCUT2D eigenvalue weighted by Crippen LogP contribution is 2.15. The molecule has 21 heavy (non-hydrogen) atoms. The Morgan fingerprint density at radius 1 is 1.48 bits per heavy atom. The van der Waals surface area contributed by atoms with Crippen LogP contribution in [0, 0.1) is 5.92 Å². The molecular formula is C15H23N3O3. The maximum atomic E-state index is 11.9. The molecule has 0 bridgehead atoms. The van der Waals surface area contributed by atoms with Gasteiger partial charge in [-0.05, 0) is 31.4 Å². The van der Waals surface area contributed by atoms with Crippen LogP contribution in [0.1, 0.15) is 23.2 Å². The van der Waals surface area contributed by atoms with Gasteiger partial charge in [0.25, 0.3) is 5.91 Å². The molecule has 116 valence electrons. The van der Waals surface area contributed by atoms with Crippen molar-refractivity contribution >= 4 is 11.8 Å². The van der Waals surface area contributed by atoms with Crippen molar-refractivity contribution in [1.29, 1.82) is 0 Å². The Hall–Kier alpha value is -1.82. The van der Waals surface area contributed by atoms with E-state index in [0.29, 0.717) is 24.6 Å². The number of furan rings is 1. The molecule has 0 spiro atoms. The van der Waals surface area contributed by atoms with E-state index in [4.69, 9.17) is 4.42 Å². The Bertz CT molecular complexity index is 471. The molecule has 0 radical (unpaired) electrons. The van der Waals surface area contributed by atoms with Crippen molar-refractivity contribution in [2.24, 2.45) is 5.92 Å². The molecule has 1 aromatic rings. The lowest BCUT2D eigenvalue weighted by Crippen LogP contribution is -2.44. The predicted octanol–water partition coefficient (Wildman–Crippen LogP) is 0.810. The van der Waals surface area contributed by atoms with E-state index in [0.717, 1.165) is 25.9 Å². The zero-order valence-electron chi connectivity index (χ0n) is 12.7. The average Bonchev–Trinajstić information content (AvgIpc) is 2.99. The second kappa shape index (κ2) is 7.26. The van der Waals surface area contributed by atoms with Crippen molar-refractivity contribution in [1.82, 2.24) is 15.1 Å². The summed E-state index contributed by atoms with van der Waals surface area (Å²) in [6.45, 7) is 2.90. The first-order valence-electron chi connectivity index (χ1n) is 7.29. The van der Waals surface area contributed by atoms with Crippen LogP contribution >= 0.6 is 0 Å². The van der Waals surface area contributed by atoms with Crippen molar-refractivity contribution in [2.45, 2.75) is 12.8 Å². The maximum Gasteiger partial charge on any atom is 0.254 e. The number of nitrogens with zero attached hydrogens (tertiary/aromatic N) is 2. The summed E-state index contributed by atoms with van der Waals surface area (Å²) in [5.74, 6) is 0.410. The van der Waals surface area contributed by atoms with Crippen molar-refractivity contribution < 1.29 is 14.0 Å². The van der Waals surface area contributed by atoms with Crippen LogP contribution in [-0.4, -0.2) is 61.9 Å². The summed E-state index contributed by atoms with van der Waals surface area (Å²) < 4.78 is 4.90. The van der Waals surface area contributed by atoms with Crippen LogP contribution in [-0.2, 0) is 4.79 Å². The van der Waals surface area contributed by atoms with Gasteiger partial charge in [0.05, 0.1) is 18.4 Å². The van der Waals surface area contributed by atoms with Gasteiger partial charge in [-0.3, -0.25) is 14.5 Å². The number of amides is 2. The molecule has 1 aromatic heterocycles. The van der Waals surface area contributed by atoms with Gasteiger partial charge in [-0.1, -0.05) is 0 Å². The van der Waals surface area contributed by atoms with Crippen LogP contribution in [0.5, 0.6) is 0 Å². The molecule has 1 N–H and O–H groups in total. The predicted molar refractivity (Wildman–Crippen MR) is 78.9 cm³/mol. The van der Waals surface area contributed by atoms with E-state index in [1.165, 1.54) is 12.5 Å². The molecule has 1 aliphatic heterocycles. The number of carbonyl (C=O) groups excluding carboxylic acids is 2. The summed E-state index contributed by atoms with van der Waals surface area (Å²) in [5.41, 5.74) is 0.547. The third-order valence-corrected chi connectivity index (χ3v) is 3.80. The summed E-state index contributed by atoms with van der Waals surface area (Å²) in [5, 5.41) is 2.93. The Labute approximate surface area is 125 Å². The summed E-state index contributed by atoms with van der Waals surface area (Å²) in [6, 6.07) is 1.65. The van der Waals surface area contributed by atoms with Gasteiger partial charge in [-0.2, -0.15) is 0 Å². The Kier molecular flexibility index (Phi) is 5.38. The monoisotopic (exact) mass is 293 g/mol. The lowest BCUT2D eigenvalue weighted by molar-refractivity contribution is -0.130. The maximum absolute atomic E-state index is 11.9. The first-order valence-corrected chi connectivity index (χ1v) is 7.29. The van der Waals surface area contributed by atoms with Crippen LogP contribution in [0.15, 0.2) is 23.0 Å². The summed E-state index contributed by atoms with van der Waals surface area (Å²) in [4.78, 5) is 27.4. The van der Waals surface area contributed by atoms with E-state index < -0.39 is 0 Å². The molecular weight excluding hydrogens is 270 g/mol. The van der Waals surface area contributed by atoms with Gasteiger partial charge in [-0.25, -0.2) is 0 Å². The third kappa shape index (κ3) is 4.60. The van der Waals surface area contributed by atoms with E-state index in [2.05, 4.69) is 10.2 Å². The van der Waals surface area contributed by atoms with Gasteiger partial charge in [-0.15, -0.1) is 0 Å². The number of carbonyl (C=O) groups is 2. The van der Waals surface area contributed by atoms with Crippen LogP contribution in [0.25, 0.3) is 0 Å². The van der Waals surface area contributed by atoms with Gasteiger partial charge in [0.1, 0.15) is 6.26 Å². The minimum Gasteiger partial charge on any atom is -0.472 e. The van der Waals surface area contributed by atoms with Crippen molar-refractivity contribution in [3.05, 3.63) is 24.2 Å². The van der Waals surface area contributed by atoms with Crippen molar-refractivity contribution in [3.63, 3.8) is 0 Å². The van der Waals surface area contributed by atoms with Gasteiger partial charge in [0.2, 0.25) is 5.91 Å². The summed E-state index contributed by atoms with van der Waals surface area (Å²) >= 11 is 0. The summed E-state index contributed by atoms with van der Waals surface area (Å²) in [7, 11) is 3.55. The molecule has 0 saturated carbocycles. The molecule has 2 heterocycles. The second-order valence-electron chi connectivity index (χ2n) is 5.75. The van der Waals surface area contributed by atoms with Gasteiger partial charge >= 0.3 is 0 Å². The van der Waals surface area contributed by atoms with E-state index in [9.17, 15) is 9.59 Å². The fourth-order valence-corrected chi connectivity index (χ4v) is 2.53. The number of likely N-dealkylation sites (tertiary alicyclic amines) is 1. The topological polar surface area (TPSA) is 65.8 Å². The van der Waals surface area contributed by atoms with Crippen LogP contribution in [0.2, 0.25) is 0 Å². The summed E-state index contributed by atoms with van der Waals surface area (Å²) in [6.07, 6.45) is 5.08. The van der Waals surface area contributed by atoms with E-state index >= 15 is 0 Å². The number of hydrogen-bond acceptors (Lipinski definition) is 4. The van der Waals surface area contributed by atoms with Crippen LogP contribution < -0.4 is 5.32 Å². The molecule has 1 atom stereocenters. The molecule has 0 aromatic carbocycles. The van der Waals surface area contributed by atoms with Gasteiger partial charge in [0, 0.05) is 27.2 Å². The highest BCUT2D eigenvalue weighted by Gasteiger charge is 2.22. The Morgan fingerprint density at radius 3 is 2.95 bits per heavy atom. The quantitative estimate of drug-likeness (QED) is 0.872. The highest BCUT2D eigenvalue weighted by atomic mass is 16.3. The zero-order chi connectivity index (χ0) is 15.2. The Morgan fingerprint density at radius 2 is 2.29 bits per heavy atom. The van der Waals surface area contributed by atoms with Gasteiger partial charge in [0.15, 0.2) is 0 Å². The fourth-order valence-electron chi connectivity index (χ4n) is 2.53. The fraction of sp³-hybridized carbons (Fsp3) is 0.600. The molecule has 2 amide bonds. The standard InChI is InChI=1S/C15H23N3O3/c1-17(2)14(19)10-18-6-3-4-12(9-18)8-16-15(20)13-5-7-21-11-13/h5,7,11-12H,3-4,6,8-10H2,1-2H3,(H,16,20). The number of hydrogen-bond donors (Lipinski definition) is 1. The molecule has 2 rings (SSSR count). The van der Waals surface area contributed by atoms with Crippen molar-refractivity contribution in [2.75, 3.05) is 40.3 Å². The zero-order valence-corrected chi connectivity index (χ0v) is 12.7. The normalized spacial score (nSPS) is 19.2. The first kappa shape index (κ1) is 15.6. The molecule has 6 heteroatoms. The molecule has 0 aliphatic carbocycles. The van der Waals surface area contributed by atoms with Crippen molar-refractivity contribution in [3.8, 4) is 0 Å². The SMILES string of the molecule is CN(C)C(=O)CN1CCCC(CNC(=O)c2ccoc2)C1. The molecule has 1 unspecified atom stereocenters. The minimum atomic E-state index is -0.106. The highest BCUT2D eigenvalue weighted by molar-refractivity contribution is 5.93. The number of likely N-dealkylation sites (N-methyl/N-ethyl adjacent to an activating group) is 1. The van der Waals surface area contributed by atoms with E-state index in [1.807, 2.05) is 0 Å². The average molecular weight is 293 g/mol. The lowest BCUT2D eigenvalue weighted by Gasteiger charge is -2.32. The minimum absolute atomic E-state index is 0.106. The molecule has 1 saturated heterocycles. The number of piperidine rings is 1. The van der Waals surface area contributed by atoms with Crippen LogP contribution in [0.3, 0.4) is 0 Å². The van der Waals surface area contributed by atoms with E-state index in [1.54, 1.807) is 25.1 Å². The molecule has 1 fully saturated rings. The smallest absolute Gasteiger partial charge is 0.254 e. The lowest BCUT2D eigenvalue weighted by atomic mass is 9.98. The van der Waals surface area contributed by atoms with E-state index in [-0.39, 0.29) is 11.8 Å². The number of rotatable bonds is 5. The molecule has 1 aliphatic rings. The molecule has 6 nitrogen and oxygen atoms in total. The van der Waals surface area contributed by atoms with Crippen LogP contribution in [0.4, 0.5) is 0 Å². The first-order chi connectivity index (χ1) is 10.1.